The number of aryl methyl sites for hydroxylation is 3. The molecule has 0 bridgehead atoms. The van der Waals surface area contributed by atoms with E-state index in [1.807, 2.05) is 42.7 Å². The van der Waals surface area contributed by atoms with Gasteiger partial charge in [-0.1, -0.05) is 18.2 Å². The minimum absolute atomic E-state index is 0.0164. The number of imidazole rings is 2. The summed E-state index contributed by atoms with van der Waals surface area (Å²) in [5.41, 5.74) is 7.15. The molecule has 7 heteroatoms. The second kappa shape index (κ2) is 7.75. The standard InChI is InChI=1S/C26H21FN6/c27-23-10-17(2-6-22(23)25-8-4-19-13-30-15-33(19)25)26-21(7-3-18-12-29-14-31-18)20-5-1-16(11-28)9-24(20)32-26/h1-2,5-6,9-10,12-15,25,32H,3-4,7-8H2,(H,29,31). The van der Waals surface area contributed by atoms with Gasteiger partial charge in [0.1, 0.15) is 5.82 Å². The summed E-state index contributed by atoms with van der Waals surface area (Å²) in [5.74, 6) is -0.213. The van der Waals surface area contributed by atoms with E-state index in [0.29, 0.717) is 11.1 Å². The van der Waals surface area contributed by atoms with Crippen LogP contribution in [0.25, 0.3) is 22.2 Å². The molecule has 1 unspecified atom stereocenters. The van der Waals surface area contributed by atoms with E-state index in [1.54, 1.807) is 18.7 Å². The molecule has 0 aliphatic carbocycles. The fraction of sp³-hybridized carbons (Fsp3) is 0.192. The molecule has 0 spiro atoms. The number of nitrogens with zero attached hydrogens (tertiary/aromatic N) is 4. The zero-order chi connectivity index (χ0) is 22.4. The van der Waals surface area contributed by atoms with Crippen molar-refractivity contribution in [3.63, 3.8) is 0 Å². The van der Waals surface area contributed by atoms with E-state index < -0.39 is 0 Å². The Morgan fingerprint density at radius 1 is 1.12 bits per heavy atom. The minimum Gasteiger partial charge on any atom is -0.354 e. The second-order valence-electron chi connectivity index (χ2n) is 8.51. The quantitative estimate of drug-likeness (QED) is 0.403. The zero-order valence-corrected chi connectivity index (χ0v) is 17.8. The molecule has 1 aliphatic heterocycles. The molecular weight excluding hydrogens is 415 g/mol. The Morgan fingerprint density at radius 2 is 2.06 bits per heavy atom. The molecule has 33 heavy (non-hydrogen) atoms. The molecule has 0 saturated carbocycles. The monoisotopic (exact) mass is 436 g/mol. The number of aromatic nitrogens is 5. The second-order valence-corrected chi connectivity index (χ2v) is 8.51. The number of benzene rings is 2. The third-order valence-corrected chi connectivity index (χ3v) is 6.64. The molecule has 0 fully saturated rings. The molecule has 162 valence electrons. The van der Waals surface area contributed by atoms with E-state index in [1.165, 1.54) is 0 Å². The molecule has 1 atom stereocenters. The van der Waals surface area contributed by atoms with Crippen LogP contribution in [0.2, 0.25) is 0 Å². The molecule has 2 aromatic carbocycles. The maximum Gasteiger partial charge on any atom is 0.129 e. The van der Waals surface area contributed by atoms with E-state index in [-0.39, 0.29) is 11.9 Å². The summed E-state index contributed by atoms with van der Waals surface area (Å²) in [6, 6.07) is 13.3. The third kappa shape index (κ3) is 3.31. The van der Waals surface area contributed by atoms with Crippen molar-refractivity contribution in [3.8, 4) is 17.3 Å². The summed E-state index contributed by atoms with van der Waals surface area (Å²) in [7, 11) is 0. The van der Waals surface area contributed by atoms with Crippen molar-refractivity contribution < 1.29 is 4.39 Å². The Balaban J connectivity index is 1.42. The Labute approximate surface area is 189 Å². The van der Waals surface area contributed by atoms with Crippen LogP contribution in [0.4, 0.5) is 4.39 Å². The van der Waals surface area contributed by atoms with E-state index in [9.17, 15) is 5.26 Å². The smallest absolute Gasteiger partial charge is 0.129 e. The third-order valence-electron chi connectivity index (χ3n) is 6.64. The number of rotatable bonds is 5. The maximum atomic E-state index is 15.4. The lowest BCUT2D eigenvalue weighted by Gasteiger charge is -2.15. The predicted molar refractivity (Wildman–Crippen MR) is 123 cm³/mol. The molecule has 0 saturated heterocycles. The fourth-order valence-corrected chi connectivity index (χ4v) is 5.00. The van der Waals surface area contributed by atoms with Gasteiger partial charge in [-0.05, 0) is 49.4 Å². The number of nitriles is 1. The van der Waals surface area contributed by atoms with Crippen molar-refractivity contribution in [2.75, 3.05) is 0 Å². The number of aromatic amines is 2. The SMILES string of the molecule is N#Cc1ccc2c(CCc3cnc[nH]3)c(-c3ccc(C4CCc5cncn54)c(F)c3)[nH]c2c1. The summed E-state index contributed by atoms with van der Waals surface area (Å²) in [6.07, 6.45) is 10.5. The Bertz CT molecular complexity index is 1500. The van der Waals surface area contributed by atoms with Crippen molar-refractivity contribution in [1.29, 1.82) is 5.26 Å². The van der Waals surface area contributed by atoms with Crippen molar-refractivity contribution in [2.24, 2.45) is 0 Å². The first-order valence-electron chi connectivity index (χ1n) is 11.0. The van der Waals surface area contributed by atoms with E-state index >= 15 is 4.39 Å². The van der Waals surface area contributed by atoms with Crippen LogP contribution in [0.5, 0.6) is 0 Å². The van der Waals surface area contributed by atoms with Crippen LogP contribution in [0, 0.1) is 17.1 Å². The van der Waals surface area contributed by atoms with E-state index in [4.69, 9.17) is 0 Å². The molecule has 3 aromatic heterocycles. The first-order chi connectivity index (χ1) is 16.2. The van der Waals surface area contributed by atoms with Gasteiger partial charge < -0.3 is 14.5 Å². The highest BCUT2D eigenvalue weighted by Gasteiger charge is 2.26. The summed E-state index contributed by atoms with van der Waals surface area (Å²) < 4.78 is 17.5. The van der Waals surface area contributed by atoms with Gasteiger partial charge >= 0.3 is 0 Å². The lowest BCUT2D eigenvalue weighted by Crippen LogP contribution is -2.07. The highest BCUT2D eigenvalue weighted by atomic mass is 19.1. The maximum absolute atomic E-state index is 15.4. The van der Waals surface area contributed by atoms with Gasteiger partial charge in [0, 0.05) is 51.5 Å². The molecule has 1 aliphatic rings. The highest BCUT2D eigenvalue weighted by Crippen LogP contribution is 2.36. The molecule has 4 heterocycles. The molecule has 2 N–H and O–H groups in total. The van der Waals surface area contributed by atoms with Gasteiger partial charge in [-0.15, -0.1) is 0 Å². The fourth-order valence-electron chi connectivity index (χ4n) is 5.00. The normalized spacial score (nSPS) is 15.1. The number of H-pyrrole nitrogens is 2. The average Bonchev–Trinajstić information content (AvgIpc) is 3.61. The van der Waals surface area contributed by atoms with Gasteiger partial charge in [-0.25, -0.2) is 14.4 Å². The minimum atomic E-state index is -0.213. The van der Waals surface area contributed by atoms with Gasteiger partial charge in [-0.3, -0.25) is 0 Å². The molecule has 0 amide bonds. The van der Waals surface area contributed by atoms with Crippen molar-refractivity contribution in [2.45, 2.75) is 31.7 Å². The van der Waals surface area contributed by atoms with Crippen molar-refractivity contribution in [1.82, 2.24) is 24.5 Å². The first kappa shape index (κ1) is 19.5. The van der Waals surface area contributed by atoms with Crippen LogP contribution < -0.4 is 0 Å². The van der Waals surface area contributed by atoms with Crippen molar-refractivity contribution >= 4 is 10.9 Å². The Kier molecular flexibility index (Phi) is 4.58. The van der Waals surface area contributed by atoms with Crippen LogP contribution >= 0.6 is 0 Å². The van der Waals surface area contributed by atoms with Gasteiger partial charge in [0.25, 0.3) is 0 Å². The largest absolute Gasteiger partial charge is 0.354 e. The van der Waals surface area contributed by atoms with E-state index in [2.05, 4.69) is 30.6 Å². The van der Waals surface area contributed by atoms with Crippen LogP contribution in [-0.4, -0.2) is 24.5 Å². The van der Waals surface area contributed by atoms with Gasteiger partial charge in [0.05, 0.1) is 30.3 Å². The summed E-state index contributed by atoms with van der Waals surface area (Å²) >= 11 is 0. The van der Waals surface area contributed by atoms with Crippen LogP contribution in [-0.2, 0) is 19.3 Å². The Hall–Kier alpha value is -4.18. The van der Waals surface area contributed by atoms with Crippen molar-refractivity contribution in [3.05, 3.63) is 95.3 Å². The van der Waals surface area contributed by atoms with Gasteiger partial charge in [0.2, 0.25) is 0 Å². The molecule has 5 aromatic rings. The highest BCUT2D eigenvalue weighted by molar-refractivity contribution is 5.91. The van der Waals surface area contributed by atoms with Crippen LogP contribution in [0.3, 0.4) is 0 Å². The summed E-state index contributed by atoms with van der Waals surface area (Å²) in [4.78, 5) is 14.9. The zero-order valence-electron chi connectivity index (χ0n) is 17.8. The van der Waals surface area contributed by atoms with Crippen LogP contribution in [0.15, 0.2) is 61.4 Å². The summed E-state index contributed by atoms with van der Waals surface area (Å²) in [5, 5.41) is 10.4. The topological polar surface area (TPSA) is 86.1 Å². The Morgan fingerprint density at radius 3 is 2.88 bits per heavy atom. The predicted octanol–water partition coefficient (Wildman–Crippen LogP) is 5.09. The van der Waals surface area contributed by atoms with Crippen LogP contribution in [0.1, 0.15) is 40.5 Å². The average molecular weight is 436 g/mol. The number of hydrogen-bond acceptors (Lipinski definition) is 3. The van der Waals surface area contributed by atoms with Gasteiger partial charge in [-0.2, -0.15) is 5.26 Å². The summed E-state index contributed by atoms with van der Waals surface area (Å²) in [6.45, 7) is 0. The number of hydrogen-bond donors (Lipinski definition) is 2. The van der Waals surface area contributed by atoms with Gasteiger partial charge in [0.15, 0.2) is 0 Å². The first-order valence-corrected chi connectivity index (χ1v) is 11.0. The lowest BCUT2D eigenvalue weighted by atomic mass is 9.97. The molecular formula is C26H21FN6. The molecule has 6 nitrogen and oxygen atoms in total. The molecule has 0 radical (unpaired) electrons. The number of fused-ring (bicyclic) bond motifs is 2. The van der Waals surface area contributed by atoms with E-state index in [0.717, 1.165) is 64.8 Å². The number of nitrogens with one attached hydrogen (secondary N) is 2. The molecule has 6 rings (SSSR count). The lowest BCUT2D eigenvalue weighted by molar-refractivity contribution is 0.546. The number of halogens is 1.